The number of hydrogen-bond donors (Lipinski definition) is 1. The van der Waals surface area contributed by atoms with Crippen LogP contribution >= 0.6 is 0 Å². The van der Waals surface area contributed by atoms with Gasteiger partial charge in [0, 0.05) is 43.1 Å². The molecular formula is C33H37F2N7O4. The zero-order chi connectivity index (χ0) is 31.4. The van der Waals surface area contributed by atoms with Gasteiger partial charge in [-0.2, -0.15) is 15.1 Å². The molecule has 9 rings (SSSR count). The highest BCUT2D eigenvalue weighted by Crippen LogP contribution is 2.41. The third-order valence-electron chi connectivity index (χ3n) is 10.1. The smallest absolute Gasteiger partial charge is 0.319 e. The summed E-state index contributed by atoms with van der Waals surface area (Å²) >= 11 is 0. The van der Waals surface area contributed by atoms with E-state index in [1.807, 2.05) is 17.9 Å². The number of nitrogens with zero attached hydrogens (tertiary/aromatic N) is 6. The second-order valence-electron chi connectivity index (χ2n) is 13.1. The number of ether oxygens (including phenoxy) is 3. The van der Waals surface area contributed by atoms with Gasteiger partial charge < -0.3 is 19.1 Å². The van der Waals surface area contributed by atoms with E-state index in [0.29, 0.717) is 68.7 Å². The number of fused-ring (bicyclic) bond motifs is 8. The predicted octanol–water partition coefficient (Wildman–Crippen LogP) is 4.45. The van der Waals surface area contributed by atoms with Crippen molar-refractivity contribution in [2.45, 2.75) is 69.7 Å². The van der Waals surface area contributed by atoms with Crippen LogP contribution in [0.3, 0.4) is 0 Å². The number of aryl methyl sites for hydroxylation is 1. The van der Waals surface area contributed by atoms with Gasteiger partial charge in [0.2, 0.25) is 0 Å². The van der Waals surface area contributed by atoms with Crippen molar-refractivity contribution in [2.24, 2.45) is 0 Å². The summed E-state index contributed by atoms with van der Waals surface area (Å²) in [6, 6.07) is 2.02. The van der Waals surface area contributed by atoms with Crippen LogP contribution in [0.1, 0.15) is 49.7 Å². The number of aromatic nitrogens is 5. The summed E-state index contributed by atoms with van der Waals surface area (Å²) in [7, 11) is 0. The molecule has 0 spiro atoms. The Hall–Kier alpha value is -3.97. The van der Waals surface area contributed by atoms with Crippen LogP contribution in [-0.2, 0) is 20.7 Å². The van der Waals surface area contributed by atoms with Crippen molar-refractivity contribution >= 4 is 33.6 Å². The van der Waals surface area contributed by atoms with E-state index < -0.39 is 23.6 Å². The minimum Gasteiger partial charge on any atom is -0.461 e. The molecule has 0 saturated carbocycles. The van der Waals surface area contributed by atoms with Crippen molar-refractivity contribution in [1.29, 1.82) is 0 Å². The molecule has 46 heavy (non-hydrogen) atoms. The Labute approximate surface area is 264 Å². The zero-order valence-electron chi connectivity index (χ0n) is 25.9. The number of carbonyl (C=O) groups excluding carboxylic acids is 1. The Morgan fingerprint density at radius 3 is 2.93 bits per heavy atom. The molecule has 3 atom stereocenters. The van der Waals surface area contributed by atoms with Gasteiger partial charge in [-0.1, -0.05) is 0 Å². The summed E-state index contributed by atoms with van der Waals surface area (Å²) in [6.07, 6.45) is 6.28. The van der Waals surface area contributed by atoms with Crippen molar-refractivity contribution in [3.8, 4) is 17.3 Å². The SMILES string of the molecule is Cc1cc2[nH]ncc2c2c1CCCCC(=O)O[C@@H]1COCCN(C1)c1nc(OC[C@@]34CCCN3C[C@H](F)C4)nc3c(F)c-2ncc13. The lowest BCUT2D eigenvalue weighted by molar-refractivity contribution is -0.151. The fourth-order valence-electron chi connectivity index (χ4n) is 7.87. The fraction of sp³-hybridized carbons (Fsp3) is 0.545. The predicted molar refractivity (Wildman–Crippen MR) is 166 cm³/mol. The van der Waals surface area contributed by atoms with Crippen molar-refractivity contribution in [3.63, 3.8) is 0 Å². The standard InChI is InChI=1S/C33H37F2N7O4/c1-19-11-25-23(14-37-40-25)27-22(19)5-2-3-6-26(43)46-21-16-41(9-10-44-17-21)31-24-13-36-30(27)28(35)29(24)38-32(39-31)45-18-33-7-4-8-42(33)15-20(34)12-33/h11,13-14,20-21H,2-10,12,15-18H2,1H3,(H,37,40)/t20-,21+,33+/m1/s1. The molecule has 6 bridgehead atoms. The molecule has 13 heteroatoms. The van der Waals surface area contributed by atoms with Gasteiger partial charge in [0.25, 0.3) is 0 Å². The molecule has 4 aromatic rings. The highest BCUT2D eigenvalue weighted by Gasteiger charge is 2.49. The van der Waals surface area contributed by atoms with Crippen LogP contribution in [0.25, 0.3) is 33.1 Å². The van der Waals surface area contributed by atoms with Gasteiger partial charge in [-0.15, -0.1) is 0 Å². The fourth-order valence-corrected chi connectivity index (χ4v) is 7.87. The Balaban J connectivity index is 1.30. The average Bonchev–Trinajstić information content (AvgIpc) is 3.68. The van der Waals surface area contributed by atoms with Crippen LogP contribution < -0.4 is 9.64 Å². The first-order valence-electron chi connectivity index (χ1n) is 16.2. The molecular weight excluding hydrogens is 596 g/mol. The summed E-state index contributed by atoms with van der Waals surface area (Å²) in [5, 5.41) is 8.43. The van der Waals surface area contributed by atoms with E-state index in [1.165, 1.54) is 0 Å². The highest BCUT2D eigenvalue weighted by molar-refractivity contribution is 5.99. The lowest BCUT2D eigenvalue weighted by atomic mass is 9.91. The van der Waals surface area contributed by atoms with Crippen molar-refractivity contribution < 1.29 is 27.8 Å². The number of anilines is 1. The van der Waals surface area contributed by atoms with E-state index in [-0.39, 0.29) is 42.8 Å². The molecule has 0 amide bonds. The monoisotopic (exact) mass is 633 g/mol. The molecule has 3 saturated heterocycles. The first-order chi connectivity index (χ1) is 22.4. The van der Waals surface area contributed by atoms with Gasteiger partial charge in [-0.3, -0.25) is 19.8 Å². The second kappa shape index (κ2) is 11.7. The van der Waals surface area contributed by atoms with E-state index in [9.17, 15) is 9.18 Å². The quantitative estimate of drug-likeness (QED) is 0.325. The first-order valence-corrected chi connectivity index (χ1v) is 16.2. The van der Waals surface area contributed by atoms with Crippen LogP contribution in [-0.4, -0.2) is 99.8 Å². The van der Waals surface area contributed by atoms with Crippen LogP contribution in [0.5, 0.6) is 6.01 Å². The molecule has 3 fully saturated rings. The number of H-pyrrole nitrogens is 1. The third-order valence-corrected chi connectivity index (χ3v) is 10.1. The van der Waals surface area contributed by atoms with Crippen LogP contribution in [0.15, 0.2) is 18.5 Å². The van der Waals surface area contributed by atoms with E-state index >= 15 is 4.39 Å². The van der Waals surface area contributed by atoms with Crippen LogP contribution in [0, 0.1) is 12.7 Å². The zero-order valence-corrected chi connectivity index (χ0v) is 25.9. The summed E-state index contributed by atoms with van der Waals surface area (Å²) in [4.78, 5) is 31.2. The number of carbonyl (C=O) groups is 1. The van der Waals surface area contributed by atoms with Gasteiger partial charge in [0.15, 0.2) is 5.82 Å². The molecule has 0 unspecified atom stereocenters. The second-order valence-corrected chi connectivity index (χ2v) is 13.1. The van der Waals surface area contributed by atoms with E-state index in [4.69, 9.17) is 24.2 Å². The van der Waals surface area contributed by atoms with Crippen molar-refractivity contribution in [1.82, 2.24) is 30.0 Å². The van der Waals surface area contributed by atoms with E-state index in [0.717, 1.165) is 41.4 Å². The number of hydrogen-bond acceptors (Lipinski definition) is 10. The highest BCUT2D eigenvalue weighted by atomic mass is 19.1. The average molecular weight is 634 g/mol. The van der Waals surface area contributed by atoms with Crippen LogP contribution in [0.2, 0.25) is 0 Å². The summed E-state index contributed by atoms with van der Waals surface area (Å²) in [5.41, 5.74) is 3.18. The van der Waals surface area contributed by atoms with Gasteiger partial charge in [0.1, 0.15) is 35.9 Å². The minimum absolute atomic E-state index is 0.0137. The van der Waals surface area contributed by atoms with Crippen molar-refractivity contribution in [2.75, 3.05) is 50.9 Å². The van der Waals surface area contributed by atoms with Gasteiger partial charge in [0.05, 0.1) is 42.4 Å². The number of alkyl halides is 1. The third kappa shape index (κ3) is 5.13. The topological polar surface area (TPSA) is 119 Å². The lowest BCUT2D eigenvalue weighted by Crippen LogP contribution is -2.43. The molecule has 1 aromatic carbocycles. The van der Waals surface area contributed by atoms with Gasteiger partial charge in [-0.05, 0) is 62.8 Å². The Kier molecular flexibility index (Phi) is 7.47. The van der Waals surface area contributed by atoms with Gasteiger partial charge >= 0.3 is 12.0 Å². The Bertz CT molecular complexity index is 1820. The number of halogens is 2. The molecule has 1 N–H and O–H groups in total. The number of nitrogens with one attached hydrogen (secondary N) is 1. The van der Waals surface area contributed by atoms with Gasteiger partial charge in [-0.25, -0.2) is 8.78 Å². The molecule has 8 heterocycles. The summed E-state index contributed by atoms with van der Waals surface area (Å²) < 4.78 is 49.5. The molecule has 11 nitrogen and oxygen atoms in total. The lowest BCUT2D eigenvalue weighted by Gasteiger charge is -2.31. The normalized spacial score (nSPS) is 25.6. The van der Waals surface area contributed by atoms with E-state index in [1.54, 1.807) is 12.4 Å². The number of aromatic amines is 1. The molecule has 3 aromatic heterocycles. The summed E-state index contributed by atoms with van der Waals surface area (Å²) in [5.74, 6) is -0.433. The molecule has 0 radical (unpaired) electrons. The number of benzene rings is 1. The maximum atomic E-state index is 17.0. The maximum absolute atomic E-state index is 17.0. The maximum Gasteiger partial charge on any atom is 0.319 e. The van der Waals surface area contributed by atoms with Crippen LogP contribution in [0.4, 0.5) is 14.6 Å². The largest absolute Gasteiger partial charge is 0.461 e. The number of pyridine rings is 1. The minimum atomic E-state index is -0.907. The number of rotatable bonds is 3. The molecule has 0 aliphatic carbocycles. The Morgan fingerprint density at radius 2 is 2.02 bits per heavy atom. The summed E-state index contributed by atoms with van der Waals surface area (Å²) in [6.45, 7) is 4.77. The number of esters is 1. The van der Waals surface area contributed by atoms with E-state index in [2.05, 4.69) is 20.1 Å². The Morgan fingerprint density at radius 1 is 1.13 bits per heavy atom. The first kappa shape index (κ1) is 29.4. The van der Waals surface area contributed by atoms with Crippen molar-refractivity contribution in [3.05, 3.63) is 35.4 Å². The molecule has 5 aliphatic rings. The molecule has 5 aliphatic heterocycles. The molecule has 242 valence electrons.